The number of carbonyl (C=O) groups excluding carboxylic acids is 2. The van der Waals surface area contributed by atoms with Gasteiger partial charge in [-0.3, -0.25) is 4.90 Å². The number of anilines is 1. The SMILES string of the molecule is O=C1OC[C@H](Cc2ccccc2)N1C(=O)N1C[C@@H]2O[C@@H]2c2ccccc21. The van der Waals surface area contributed by atoms with Crippen LogP contribution < -0.4 is 4.90 Å². The lowest BCUT2D eigenvalue weighted by molar-refractivity contribution is 0.159. The van der Waals surface area contributed by atoms with E-state index in [0.29, 0.717) is 13.0 Å². The van der Waals surface area contributed by atoms with Crippen molar-refractivity contribution in [3.8, 4) is 0 Å². The third-order valence-electron chi connectivity index (χ3n) is 5.19. The van der Waals surface area contributed by atoms with E-state index in [2.05, 4.69) is 0 Å². The van der Waals surface area contributed by atoms with Gasteiger partial charge in [0.05, 0.1) is 18.3 Å². The summed E-state index contributed by atoms with van der Waals surface area (Å²) in [7, 11) is 0. The van der Waals surface area contributed by atoms with Crippen LogP contribution in [0.2, 0.25) is 0 Å². The molecule has 0 radical (unpaired) electrons. The Balaban J connectivity index is 1.43. The quantitative estimate of drug-likeness (QED) is 0.781. The Labute approximate surface area is 150 Å². The summed E-state index contributed by atoms with van der Waals surface area (Å²) in [6.45, 7) is 0.680. The van der Waals surface area contributed by atoms with E-state index in [0.717, 1.165) is 16.8 Å². The number of urea groups is 1. The molecule has 0 bridgehead atoms. The molecule has 2 aromatic carbocycles. The van der Waals surface area contributed by atoms with Gasteiger partial charge in [0.2, 0.25) is 0 Å². The highest BCUT2D eigenvalue weighted by Gasteiger charge is 2.50. The molecule has 2 saturated heterocycles. The van der Waals surface area contributed by atoms with E-state index >= 15 is 0 Å². The lowest BCUT2D eigenvalue weighted by Gasteiger charge is -2.31. The Morgan fingerprint density at radius 1 is 1.08 bits per heavy atom. The maximum Gasteiger partial charge on any atom is 0.418 e. The molecule has 6 nitrogen and oxygen atoms in total. The topological polar surface area (TPSA) is 62.4 Å². The number of ether oxygens (including phenoxy) is 2. The molecule has 5 rings (SSSR count). The molecule has 26 heavy (non-hydrogen) atoms. The van der Waals surface area contributed by atoms with Gasteiger partial charge in [-0.05, 0) is 18.1 Å². The first kappa shape index (κ1) is 15.4. The number of imide groups is 1. The Bertz CT molecular complexity index is 869. The molecule has 132 valence electrons. The van der Waals surface area contributed by atoms with Crippen LogP contribution in [-0.2, 0) is 15.9 Å². The second kappa shape index (κ2) is 5.85. The van der Waals surface area contributed by atoms with Gasteiger partial charge in [0.1, 0.15) is 18.8 Å². The highest BCUT2D eigenvalue weighted by Crippen LogP contribution is 2.48. The highest BCUT2D eigenvalue weighted by atomic mass is 16.6. The Hall–Kier alpha value is -2.86. The van der Waals surface area contributed by atoms with E-state index in [4.69, 9.17) is 9.47 Å². The maximum atomic E-state index is 13.2. The molecule has 0 N–H and O–H groups in total. The van der Waals surface area contributed by atoms with Gasteiger partial charge < -0.3 is 9.47 Å². The average molecular weight is 350 g/mol. The van der Waals surface area contributed by atoms with Crippen LogP contribution in [-0.4, -0.2) is 42.3 Å². The molecule has 2 aromatic rings. The van der Waals surface area contributed by atoms with Gasteiger partial charge in [0, 0.05) is 5.56 Å². The monoisotopic (exact) mass is 350 g/mol. The van der Waals surface area contributed by atoms with Crippen molar-refractivity contribution in [3.05, 3.63) is 65.7 Å². The smallest absolute Gasteiger partial charge is 0.418 e. The van der Waals surface area contributed by atoms with Crippen molar-refractivity contribution in [1.29, 1.82) is 0 Å². The maximum absolute atomic E-state index is 13.2. The number of hydrogen-bond donors (Lipinski definition) is 0. The number of nitrogens with zero attached hydrogens (tertiary/aromatic N) is 2. The van der Waals surface area contributed by atoms with Crippen LogP contribution in [0.4, 0.5) is 15.3 Å². The lowest BCUT2D eigenvalue weighted by atomic mass is 10.0. The third-order valence-corrected chi connectivity index (χ3v) is 5.19. The average Bonchev–Trinajstić information content (AvgIpc) is 3.38. The summed E-state index contributed by atoms with van der Waals surface area (Å²) in [4.78, 5) is 28.4. The number of fused-ring (bicyclic) bond motifs is 3. The molecule has 2 fully saturated rings. The minimum absolute atomic E-state index is 0.0139. The fraction of sp³-hybridized carbons (Fsp3) is 0.300. The zero-order chi connectivity index (χ0) is 17.7. The van der Waals surface area contributed by atoms with Gasteiger partial charge >= 0.3 is 12.1 Å². The van der Waals surface area contributed by atoms with E-state index in [9.17, 15) is 9.59 Å². The first-order chi connectivity index (χ1) is 12.7. The van der Waals surface area contributed by atoms with Gasteiger partial charge in [-0.1, -0.05) is 48.5 Å². The summed E-state index contributed by atoms with van der Waals surface area (Å²) >= 11 is 0. The number of epoxide rings is 1. The predicted molar refractivity (Wildman–Crippen MR) is 93.9 cm³/mol. The van der Waals surface area contributed by atoms with Crippen LogP contribution in [0.15, 0.2) is 54.6 Å². The van der Waals surface area contributed by atoms with Gasteiger partial charge in [-0.2, -0.15) is 0 Å². The van der Waals surface area contributed by atoms with Crippen molar-refractivity contribution in [2.24, 2.45) is 0 Å². The van der Waals surface area contributed by atoms with Crippen molar-refractivity contribution < 1.29 is 19.1 Å². The number of cyclic esters (lactones) is 1. The van der Waals surface area contributed by atoms with Gasteiger partial charge in [0.15, 0.2) is 0 Å². The van der Waals surface area contributed by atoms with Crippen molar-refractivity contribution in [3.63, 3.8) is 0 Å². The highest BCUT2D eigenvalue weighted by molar-refractivity contribution is 6.02. The van der Waals surface area contributed by atoms with E-state index < -0.39 is 6.09 Å². The summed E-state index contributed by atoms with van der Waals surface area (Å²) < 4.78 is 10.9. The molecule has 0 saturated carbocycles. The van der Waals surface area contributed by atoms with E-state index in [1.54, 1.807) is 4.90 Å². The number of carbonyl (C=O) groups is 2. The molecule has 0 unspecified atom stereocenters. The standard InChI is InChI=1S/C20H18N2O4/c23-19(21-11-17-18(26-17)15-8-4-5-9-16(15)21)22-14(12-25-20(22)24)10-13-6-2-1-3-7-13/h1-9,14,17-18H,10-12H2/t14-,17-,18+/m0/s1. The Morgan fingerprint density at radius 2 is 1.85 bits per heavy atom. The molecule has 3 amide bonds. The van der Waals surface area contributed by atoms with Crippen molar-refractivity contribution >= 4 is 17.8 Å². The fourth-order valence-electron chi connectivity index (χ4n) is 3.85. The number of benzene rings is 2. The third kappa shape index (κ3) is 2.45. The van der Waals surface area contributed by atoms with Crippen LogP contribution in [0, 0.1) is 0 Å². The van der Waals surface area contributed by atoms with Gasteiger partial charge in [-0.15, -0.1) is 0 Å². The van der Waals surface area contributed by atoms with E-state index in [1.165, 1.54) is 4.90 Å². The van der Waals surface area contributed by atoms with Crippen molar-refractivity contribution in [1.82, 2.24) is 4.90 Å². The zero-order valence-electron chi connectivity index (χ0n) is 14.1. The Morgan fingerprint density at radius 3 is 2.69 bits per heavy atom. The van der Waals surface area contributed by atoms with Crippen molar-refractivity contribution in [2.45, 2.75) is 24.7 Å². The predicted octanol–water partition coefficient (Wildman–Crippen LogP) is 3.13. The number of amides is 3. The molecule has 0 aliphatic carbocycles. The molecule has 0 aromatic heterocycles. The summed E-state index contributed by atoms with van der Waals surface area (Å²) in [5.74, 6) is 0. The number of hydrogen-bond acceptors (Lipinski definition) is 4. The molecule has 6 heteroatoms. The second-order valence-corrected chi connectivity index (χ2v) is 6.84. The van der Waals surface area contributed by atoms with Crippen LogP contribution in [0.25, 0.3) is 0 Å². The fourth-order valence-corrected chi connectivity index (χ4v) is 3.85. The van der Waals surface area contributed by atoms with Crippen molar-refractivity contribution in [2.75, 3.05) is 18.1 Å². The number of para-hydroxylation sites is 1. The molecular weight excluding hydrogens is 332 g/mol. The van der Waals surface area contributed by atoms with E-state index in [-0.39, 0.29) is 30.9 Å². The van der Waals surface area contributed by atoms with Gasteiger partial charge in [0.25, 0.3) is 0 Å². The van der Waals surface area contributed by atoms with Crippen LogP contribution in [0.5, 0.6) is 0 Å². The lowest BCUT2D eigenvalue weighted by Crippen LogP contribution is -2.50. The summed E-state index contributed by atoms with van der Waals surface area (Å²) in [5.41, 5.74) is 2.89. The largest absolute Gasteiger partial charge is 0.447 e. The summed E-state index contributed by atoms with van der Waals surface area (Å²) in [5, 5.41) is 0. The molecular formula is C20H18N2O4. The zero-order valence-corrected chi connectivity index (χ0v) is 14.1. The minimum Gasteiger partial charge on any atom is -0.447 e. The van der Waals surface area contributed by atoms with Gasteiger partial charge in [-0.25, -0.2) is 14.5 Å². The van der Waals surface area contributed by atoms with Crippen LogP contribution in [0.1, 0.15) is 17.2 Å². The Kier molecular flexibility index (Phi) is 3.46. The van der Waals surface area contributed by atoms with Crippen LogP contribution >= 0.6 is 0 Å². The molecule has 0 spiro atoms. The first-order valence-electron chi connectivity index (χ1n) is 8.78. The second-order valence-electron chi connectivity index (χ2n) is 6.84. The molecule has 3 aliphatic heterocycles. The summed E-state index contributed by atoms with van der Waals surface area (Å²) in [6.07, 6.45) is 0.0873. The normalized spacial score (nSPS) is 26.2. The minimum atomic E-state index is -0.577. The first-order valence-corrected chi connectivity index (χ1v) is 8.78. The molecule has 3 heterocycles. The molecule has 3 aliphatic rings. The molecule has 3 atom stereocenters. The van der Waals surface area contributed by atoms with Crippen LogP contribution in [0.3, 0.4) is 0 Å². The number of rotatable bonds is 2. The summed E-state index contributed by atoms with van der Waals surface area (Å²) in [6, 6.07) is 16.9. The van der Waals surface area contributed by atoms with E-state index in [1.807, 2.05) is 54.6 Å².